The van der Waals surface area contributed by atoms with Crippen molar-refractivity contribution < 1.29 is 4.79 Å². The van der Waals surface area contributed by atoms with Crippen LogP contribution in [0.1, 0.15) is 17.5 Å². The zero-order chi connectivity index (χ0) is 23.7. The molecule has 5 rings (SSSR count). The minimum Gasteiger partial charge on any atom is -0.370 e. The Morgan fingerprint density at radius 1 is 1.18 bits per heavy atom. The summed E-state index contributed by atoms with van der Waals surface area (Å²) in [7, 11) is 3.90. The van der Waals surface area contributed by atoms with E-state index in [0.717, 1.165) is 47.4 Å². The van der Waals surface area contributed by atoms with Gasteiger partial charge >= 0.3 is 0 Å². The molecule has 4 aromatic rings. The maximum atomic E-state index is 13.0. The molecule has 0 fully saturated rings. The van der Waals surface area contributed by atoms with Crippen molar-refractivity contribution in [2.45, 2.75) is 19.3 Å². The first-order chi connectivity index (χ1) is 16.5. The number of fused-ring (bicyclic) bond motifs is 2. The van der Waals surface area contributed by atoms with Gasteiger partial charge in [-0.3, -0.25) is 4.79 Å². The van der Waals surface area contributed by atoms with Gasteiger partial charge < -0.3 is 10.2 Å². The number of rotatable bonds is 7. The Morgan fingerprint density at radius 3 is 2.62 bits per heavy atom. The molecular weight excluding hydrogens is 445 g/mol. The zero-order valence-corrected chi connectivity index (χ0v) is 20.2. The van der Waals surface area contributed by atoms with Crippen LogP contribution in [-0.4, -0.2) is 53.4 Å². The van der Waals surface area contributed by atoms with Gasteiger partial charge in [0.25, 0.3) is 0 Å². The van der Waals surface area contributed by atoms with Gasteiger partial charge in [-0.1, -0.05) is 54.1 Å². The summed E-state index contributed by atoms with van der Waals surface area (Å²) in [6, 6.07) is 18.1. The second-order valence-electron chi connectivity index (χ2n) is 8.98. The molecule has 0 saturated heterocycles. The summed E-state index contributed by atoms with van der Waals surface area (Å²) in [5, 5.41) is 8.64. The van der Waals surface area contributed by atoms with E-state index < -0.39 is 0 Å². The molecule has 1 aliphatic rings. The van der Waals surface area contributed by atoms with Gasteiger partial charge in [0.1, 0.15) is 13.7 Å². The third-order valence-electron chi connectivity index (χ3n) is 6.55. The SMILES string of the molecule is Bc1cnn2c(NCCCN(C)C(=O)C3Cc4ccccc4C3)cc(-c3ccccc3Cl)nc12. The molecule has 172 valence electrons. The smallest absolute Gasteiger partial charge is 0.226 e. The molecule has 0 radical (unpaired) electrons. The predicted molar refractivity (Wildman–Crippen MR) is 140 cm³/mol. The highest BCUT2D eigenvalue weighted by molar-refractivity contribution is 6.36. The monoisotopic (exact) mass is 471 g/mol. The van der Waals surface area contributed by atoms with E-state index in [-0.39, 0.29) is 11.8 Å². The average Bonchev–Trinajstić information content (AvgIpc) is 3.45. The van der Waals surface area contributed by atoms with Crippen molar-refractivity contribution in [2.75, 3.05) is 25.5 Å². The molecule has 8 heteroatoms. The van der Waals surface area contributed by atoms with Gasteiger partial charge in [0.2, 0.25) is 5.91 Å². The Hall–Kier alpha value is -3.32. The lowest BCUT2D eigenvalue weighted by molar-refractivity contribution is -0.133. The van der Waals surface area contributed by atoms with Gasteiger partial charge in [0.05, 0.1) is 5.69 Å². The van der Waals surface area contributed by atoms with Crippen molar-refractivity contribution in [3.05, 3.63) is 76.9 Å². The molecule has 0 spiro atoms. The fraction of sp³-hybridized carbons (Fsp3) is 0.269. The normalized spacial score (nSPS) is 13.2. The maximum absolute atomic E-state index is 13.0. The highest BCUT2D eigenvalue weighted by Gasteiger charge is 2.28. The van der Waals surface area contributed by atoms with E-state index >= 15 is 0 Å². The number of anilines is 1. The molecule has 2 aromatic heterocycles. The van der Waals surface area contributed by atoms with Crippen molar-refractivity contribution in [1.82, 2.24) is 19.5 Å². The number of nitrogens with zero attached hydrogens (tertiary/aromatic N) is 4. The lowest BCUT2D eigenvalue weighted by Gasteiger charge is -2.21. The number of halogens is 1. The van der Waals surface area contributed by atoms with Gasteiger partial charge in [-0.05, 0) is 41.9 Å². The maximum Gasteiger partial charge on any atom is 0.226 e. The van der Waals surface area contributed by atoms with Crippen molar-refractivity contribution in [1.29, 1.82) is 0 Å². The molecule has 2 heterocycles. The summed E-state index contributed by atoms with van der Waals surface area (Å²) >= 11 is 6.43. The van der Waals surface area contributed by atoms with E-state index in [0.29, 0.717) is 18.1 Å². The molecule has 34 heavy (non-hydrogen) atoms. The summed E-state index contributed by atoms with van der Waals surface area (Å²) in [5.41, 5.74) is 6.10. The van der Waals surface area contributed by atoms with Gasteiger partial charge in [-0.15, -0.1) is 0 Å². The minimum absolute atomic E-state index is 0.0559. The molecule has 6 nitrogen and oxygen atoms in total. The Balaban J connectivity index is 1.23. The molecule has 1 aliphatic carbocycles. The van der Waals surface area contributed by atoms with Gasteiger partial charge in [-0.2, -0.15) is 9.61 Å². The first-order valence-electron chi connectivity index (χ1n) is 11.7. The number of nitrogens with one attached hydrogen (secondary N) is 1. The van der Waals surface area contributed by atoms with Crippen LogP contribution in [0.5, 0.6) is 0 Å². The van der Waals surface area contributed by atoms with E-state index in [1.54, 1.807) is 0 Å². The second kappa shape index (κ2) is 9.51. The topological polar surface area (TPSA) is 62.5 Å². The minimum atomic E-state index is 0.0559. The van der Waals surface area contributed by atoms with Crippen molar-refractivity contribution in [3.8, 4) is 11.3 Å². The summed E-state index contributed by atoms with van der Waals surface area (Å²) in [5.74, 6) is 1.14. The zero-order valence-electron chi connectivity index (χ0n) is 19.5. The summed E-state index contributed by atoms with van der Waals surface area (Å²) in [6.07, 6.45) is 4.33. The molecule has 0 atom stereocenters. The first kappa shape index (κ1) is 22.5. The highest BCUT2D eigenvalue weighted by atomic mass is 35.5. The van der Waals surface area contributed by atoms with E-state index in [9.17, 15) is 4.79 Å². The fourth-order valence-electron chi connectivity index (χ4n) is 4.69. The second-order valence-corrected chi connectivity index (χ2v) is 9.39. The molecule has 0 unspecified atom stereocenters. The van der Waals surface area contributed by atoms with Gasteiger partial charge in [0, 0.05) is 48.9 Å². The number of carbonyl (C=O) groups is 1. The van der Waals surface area contributed by atoms with E-state index in [2.05, 4.69) is 34.7 Å². The molecule has 2 aromatic carbocycles. The van der Waals surface area contributed by atoms with E-state index in [4.69, 9.17) is 16.6 Å². The van der Waals surface area contributed by atoms with Crippen molar-refractivity contribution in [2.24, 2.45) is 5.92 Å². The van der Waals surface area contributed by atoms with Gasteiger partial charge in [0.15, 0.2) is 5.65 Å². The van der Waals surface area contributed by atoms with Crippen LogP contribution in [0.25, 0.3) is 16.9 Å². The third kappa shape index (κ3) is 4.40. The van der Waals surface area contributed by atoms with Crippen LogP contribution in [-0.2, 0) is 17.6 Å². The summed E-state index contributed by atoms with van der Waals surface area (Å²) < 4.78 is 1.82. The number of aromatic nitrogens is 3. The third-order valence-corrected chi connectivity index (χ3v) is 6.88. The average molecular weight is 472 g/mol. The summed E-state index contributed by atoms with van der Waals surface area (Å²) in [6.45, 7) is 1.41. The van der Waals surface area contributed by atoms with Crippen molar-refractivity contribution >= 4 is 42.3 Å². The van der Waals surface area contributed by atoms with E-state index in [1.165, 1.54) is 11.1 Å². The molecular formula is C26H27BClN5O. The first-order valence-corrected chi connectivity index (χ1v) is 12.0. The molecule has 0 aliphatic heterocycles. The Kier molecular flexibility index (Phi) is 6.29. The largest absolute Gasteiger partial charge is 0.370 e. The van der Waals surface area contributed by atoms with Crippen LogP contribution in [0.2, 0.25) is 5.02 Å². The molecule has 0 bridgehead atoms. The number of hydrogen-bond acceptors (Lipinski definition) is 4. The number of amides is 1. The van der Waals surface area contributed by atoms with Crippen LogP contribution in [0.15, 0.2) is 60.8 Å². The predicted octanol–water partition coefficient (Wildman–Crippen LogP) is 2.98. The van der Waals surface area contributed by atoms with Crippen LogP contribution in [0.4, 0.5) is 5.82 Å². The highest BCUT2D eigenvalue weighted by Crippen LogP contribution is 2.29. The quantitative estimate of drug-likeness (QED) is 0.332. The van der Waals surface area contributed by atoms with Crippen molar-refractivity contribution in [3.63, 3.8) is 0 Å². The van der Waals surface area contributed by atoms with Gasteiger partial charge in [-0.25, -0.2) is 4.98 Å². The molecule has 1 N–H and O–H groups in total. The van der Waals surface area contributed by atoms with E-state index in [1.807, 2.05) is 60.8 Å². The van der Waals surface area contributed by atoms with Crippen LogP contribution < -0.4 is 10.8 Å². The molecule has 0 saturated carbocycles. The van der Waals surface area contributed by atoms with Crippen LogP contribution in [0.3, 0.4) is 0 Å². The van der Waals surface area contributed by atoms with Crippen LogP contribution >= 0.6 is 11.6 Å². The number of carbonyl (C=O) groups excluding carboxylic acids is 1. The van der Waals surface area contributed by atoms with Crippen LogP contribution in [0, 0.1) is 5.92 Å². The Labute approximate surface area is 205 Å². The number of hydrogen-bond donors (Lipinski definition) is 1. The fourth-order valence-corrected chi connectivity index (χ4v) is 4.93. The number of benzene rings is 2. The standard InChI is InChI=1S/C26H27BClN5O/c1-32(26(34)19-13-17-7-2-3-8-18(17)14-19)12-6-11-29-24-15-23(20-9-4-5-10-22(20)28)31-25-21(27)16-30-33(24)25/h2-5,7-10,15-16,19,29H,6,11-14,27H2,1H3. The summed E-state index contributed by atoms with van der Waals surface area (Å²) in [4.78, 5) is 19.6. The molecule has 1 amide bonds. The Morgan fingerprint density at radius 2 is 1.88 bits per heavy atom. The lowest BCUT2D eigenvalue weighted by atomic mass is 10.0. The Bertz CT molecular complexity index is 1330. The lowest BCUT2D eigenvalue weighted by Crippen LogP contribution is -2.34.